The van der Waals surface area contributed by atoms with Gasteiger partial charge in [0.15, 0.2) is 0 Å². The minimum atomic E-state index is 0.692. The second kappa shape index (κ2) is 5.74. The van der Waals surface area contributed by atoms with Crippen molar-refractivity contribution in [1.82, 2.24) is 9.78 Å². The first-order valence-electron chi connectivity index (χ1n) is 6.77. The molecule has 1 heterocycles. The lowest BCUT2D eigenvalue weighted by molar-refractivity contribution is 0.687. The molecular weight excluding hydrogens is 326 g/mol. The predicted octanol–water partition coefficient (Wildman–Crippen LogP) is 4.25. The topological polar surface area (TPSA) is 43.8 Å². The van der Waals surface area contributed by atoms with Gasteiger partial charge >= 0.3 is 0 Å². The summed E-state index contributed by atoms with van der Waals surface area (Å²) in [5.41, 5.74) is 11.1. The summed E-state index contributed by atoms with van der Waals surface area (Å²) in [4.78, 5) is 0. The molecule has 1 aromatic heterocycles. The van der Waals surface area contributed by atoms with Crippen LogP contribution in [0.3, 0.4) is 0 Å². The molecule has 3 aromatic rings. The Morgan fingerprint density at radius 3 is 2.52 bits per heavy atom. The molecule has 0 aliphatic rings. The van der Waals surface area contributed by atoms with Crippen LogP contribution in [-0.2, 0) is 6.54 Å². The molecule has 3 nitrogen and oxygen atoms in total. The highest BCUT2D eigenvalue weighted by Crippen LogP contribution is 2.25. The largest absolute Gasteiger partial charge is 0.396 e. The van der Waals surface area contributed by atoms with Crippen molar-refractivity contribution in [1.29, 1.82) is 0 Å². The number of halogens is 1. The van der Waals surface area contributed by atoms with Crippen molar-refractivity contribution in [3.8, 4) is 11.3 Å². The molecule has 0 unspecified atom stereocenters. The van der Waals surface area contributed by atoms with Crippen LogP contribution in [0.4, 0.5) is 5.69 Å². The number of nitrogen functional groups attached to an aromatic ring is 1. The normalized spacial score (nSPS) is 10.8. The van der Waals surface area contributed by atoms with E-state index in [-0.39, 0.29) is 0 Å². The fraction of sp³-hybridized carbons (Fsp3) is 0.118. The SMILES string of the molecule is Cc1ccc(-c2nn(Cc3ccccc3Br)cc2N)cc1. The standard InChI is InChI=1S/C17H16BrN3/c1-12-6-8-13(9-7-12)17-16(19)11-21(20-17)10-14-4-2-3-5-15(14)18/h2-9,11H,10,19H2,1H3. The molecule has 0 fully saturated rings. The van der Waals surface area contributed by atoms with E-state index in [0.29, 0.717) is 12.2 Å². The average Bonchev–Trinajstić information content (AvgIpc) is 2.83. The molecule has 0 aliphatic carbocycles. The molecule has 0 saturated carbocycles. The molecule has 0 amide bonds. The van der Waals surface area contributed by atoms with Crippen molar-refractivity contribution in [3.63, 3.8) is 0 Å². The highest BCUT2D eigenvalue weighted by molar-refractivity contribution is 9.10. The number of rotatable bonds is 3. The number of aryl methyl sites for hydroxylation is 1. The van der Waals surface area contributed by atoms with Gasteiger partial charge in [-0.15, -0.1) is 0 Å². The molecule has 0 atom stereocenters. The van der Waals surface area contributed by atoms with Crippen LogP contribution in [0.5, 0.6) is 0 Å². The van der Waals surface area contributed by atoms with Crippen molar-refractivity contribution in [2.24, 2.45) is 0 Å². The first-order valence-corrected chi connectivity index (χ1v) is 7.56. The van der Waals surface area contributed by atoms with Gasteiger partial charge in [0.25, 0.3) is 0 Å². The number of nitrogens with zero attached hydrogens (tertiary/aromatic N) is 2. The van der Waals surface area contributed by atoms with E-state index < -0.39 is 0 Å². The van der Waals surface area contributed by atoms with Crippen molar-refractivity contribution < 1.29 is 0 Å². The van der Waals surface area contributed by atoms with E-state index in [1.54, 1.807) is 0 Å². The van der Waals surface area contributed by atoms with Gasteiger partial charge in [-0.05, 0) is 18.6 Å². The quantitative estimate of drug-likeness (QED) is 0.773. The van der Waals surface area contributed by atoms with Crippen LogP contribution in [0.15, 0.2) is 59.2 Å². The highest BCUT2D eigenvalue weighted by Gasteiger charge is 2.09. The Labute approximate surface area is 132 Å². The van der Waals surface area contributed by atoms with Gasteiger partial charge in [-0.3, -0.25) is 4.68 Å². The maximum Gasteiger partial charge on any atom is 0.115 e. The molecule has 21 heavy (non-hydrogen) atoms. The Morgan fingerprint density at radius 2 is 1.81 bits per heavy atom. The Balaban J connectivity index is 1.91. The zero-order valence-corrected chi connectivity index (χ0v) is 13.3. The van der Waals surface area contributed by atoms with Crippen molar-refractivity contribution >= 4 is 21.6 Å². The van der Waals surface area contributed by atoms with E-state index in [2.05, 4.69) is 58.3 Å². The van der Waals surface area contributed by atoms with E-state index in [9.17, 15) is 0 Å². The van der Waals surface area contributed by atoms with Gasteiger partial charge in [-0.1, -0.05) is 64.0 Å². The Hall–Kier alpha value is -2.07. The highest BCUT2D eigenvalue weighted by atomic mass is 79.9. The Morgan fingerprint density at radius 1 is 1.10 bits per heavy atom. The number of benzene rings is 2. The van der Waals surface area contributed by atoms with Crippen LogP contribution < -0.4 is 5.73 Å². The maximum absolute atomic E-state index is 6.11. The van der Waals surface area contributed by atoms with E-state index in [1.165, 1.54) is 11.1 Å². The van der Waals surface area contributed by atoms with Gasteiger partial charge in [0.2, 0.25) is 0 Å². The van der Waals surface area contributed by atoms with Crippen LogP contribution in [-0.4, -0.2) is 9.78 Å². The van der Waals surface area contributed by atoms with Gasteiger partial charge in [0.05, 0.1) is 12.2 Å². The summed E-state index contributed by atoms with van der Waals surface area (Å²) in [6, 6.07) is 16.4. The van der Waals surface area contributed by atoms with Crippen LogP contribution in [0.25, 0.3) is 11.3 Å². The zero-order valence-electron chi connectivity index (χ0n) is 11.8. The van der Waals surface area contributed by atoms with Gasteiger partial charge in [0, 0.05) is 16.2 Å². The molecule has 0 saturated heterocycles. The number of hydrogen-bond donors (Lipinski definition) is 1. The van der Waals surface area contributed by atoms with Crippen molar-refractivity contribution in [2.75, 3.05) is 5.73 Å². The van der Waals surface area contributed by atoms with Gasteiger partial charge in [0.1, 0.15) is 5.69 Å². The lowest BCUT2D eigenvalue weighted by atomic mass is 10.1. The molecule has 2 aromatic carbocycles. The van der Waals surface area contributed by atoms with Crippen molar-refractivity contribution in [3.05, 3.63) is 70.3 Å². The summed E-state index contributed by atoms with van der Waals surface area (Å²) in [5, 5.41) is 4.62. The third-order valence-electron chi connectivity index (χ3n) is 3.41. The molecule has 0 bridgehead atoms. The minimum Gasteiger partial charge on any atom is -0.396 e. The van der Waals surface area contributed by atoms with Gasteiger partial charge in [-0.2, -0.15) is 5.10 Å². The Bertz CT molecular complexity index is 760. The molecule has 106 valence electrons. The number of anilines is 1. The molecule has 3 rings (SSSR count). The average molecular weight is 342 g/mol. The van der Waals surface area contributed by atoms with Crippen LogP contribution >= 0.6 is 15.9 Å². The second-order valence-electron chi connectivity index (χ2n) is 5.09. The van der Waals surface area contributed by atoms with Crippen LogP contribution in [0.2, 0.25) is 0 Å². The molecule has 0 aliphatic heterocycles. The molecule has 0 radical (unpaired) electrons. The third kappa shape index (κ3) is 3.00. The third-order valence-corrected chi connectivity index (χ3v) is 4.18. The van der Waals surface area contributed by atoms with Crippen molar-refractivity contribution in [2.45, 2.75) is 13.5 Å². The second-order valence-corrected chi connectivity index (χ2v) is 5.94. The minimum absolute atomic E-state index is 0.692. The fourth-order valence-corrected chi connectivity index (χ4v) is 2.66. The summed E-state index contributed by atoms with van der Waals surface area (Å²) < 4.78 is 2.96. The molecule has 2 N–H and O–H groups in total. The van der Waals surface area contributed by atoms with E-state index in [0.717, 1.165) is 15.7 Å². The zero-order chi connectivity index (χ0) is 14.8. The van der Waals surface area contributed by atoms with Gasteiger partial charge < -0.3 is 5.73 Å². The Kier molecular flexibility index (Phi) is 3.80. The summed E-state index contributed by atoms with van der Waals surface area (Å²) in [5.74, 6) is 0. The summed E-state index contributed by atoms with van der Waals surface area (Å²) in [6.45, 7) is 2.76. The first kappa shape index (κ1) is 13.9. The predicted molar refractivity (Wildman–Crippen MR) is 90.1 cm³/mol. The summed E-state index contributed by atoms with van der Waals surface area (Å²) in [7, 11) is 0. The maximum atomic E-state index is 6.11. The number of hydrogen-bond acceptors (Lipinski definition) is 2. The smallest absolute Gasteiger partial charge is 0.115 e. The lowest BCUT2D eigenvalue weighted by Crippen LogP contribution is -2.01. The van der Waals surface area contributed by atoms with E-state index in [1.807, 2.05) is 29.1 Å². The van der Waals surface area contributed by atoms with Gasteiger partial charge in [-0.25, -0.2) is 0 Å². The van der Waals surface area contributed by atoms with E-state index in [4.69, 9.17) is 5.73 Å². The lowest BCUT2D eigenvalue weighted by Gasteiger charge is -2.04. The first-order chi connectivity index (χ1) is 10.1. The fourth-order valence-electron chi connectivity index (χ4n) is 2.25. The molecule has 4 heteroatoms. The van der Waals surface area contributed by atoms with Crippen LogP contribution in [0.1, 0.15) is 11.1 Å². The molecule has 0 spiro atoms. The summed E-state index contributed by atoms with van der Waals surface area (Å²) in [6.07, 6.45) is 1.88. The monoisotopic (exact) mass is 341 g/mol. The summed E-state index contributed by atoms with van der Waals surface area (Å²) >= 11 is 3.56. The van der Waals surface area contributed by atoms with E-state index >= 15 is 0 Å². The number of aromatic nitrogens is 2. The van der Waals surface area contributed by atoms with Crippen LogP contribution in [0, 0.1) is 6.92 Å². The molecular formula is C17H16BrN3. The number of nitrogens with two attached hydrogens (primary N) is 1.